The van der Waals surface area contributed by atoms with Gasteiger partial charge < -0.3 is 20.5 Å². The molecule has 0 aromatic carbocycles. The van der Waals surface area contributed by atoms with Gasteiger partial charge >= 0.3 is 0 Å². The van der Waals surface area contributed by atoms with E-state index in [1.165, 1.54) is 11.3 Å². The van der Waals surface area contributed by atoms with E-state index in [-0.39, 0.29) is 6.54 Å². The van der Waals surface area contributed by atoms with Gasteiger partial charge in [0.1, 0.15) is 6.10 Å². The number of aromatic nitrogens is 1. The Hall–Kier alpha value is -0.690. The number of hydrogen-bond acceptors (Lipinski definition) is 6. The Labute approximate surface area is 92.5 Å². The summed E-state index contributed by atoms with van der Waals surface area (Å²) >= 11 is 1.50. The number of aliphatic hydroxyl groups is 1. The fourth-order valence-electron chi connectivity index (χ4n) is 1.45. The highest BCUT2D eigenvalue weighted by Crippen LogP contribution is 2.27. The minimum Gasteiger partial charge on any atom is -0.386 e. The average Bonchev–Trinajstić information content (AvgIpc) is 2.78. The zero-order chi connectivity index (χ0) is 10.7. The van der Waals surface area contributed by atoms with Crippen LogP contribution in [0.1, 0.15) is 11.0 Å². The quantitative estimate of drug-likeness (QED) is 0.761. The van der Waals surface area contributed by atoms with Gasteiger partial charge in [-0.25, -0.2) is 4.98 Å². The highest BCUT2D eigenvalue weighted by Gasteiger charge is 2.16. The first-order valence-corrected chi connectivity index (χ1v) is 5.79. The van der Waals surface area contributed by atoms with Gasteiger partial charge in [-0.15, -0.1) is 0 Å². The number of nitrogens with two attached hydrogens (primary N) is 1. The lowest BCUT2D eigenvalue weighted by atomic mass is 10.3. The molecule has 0 unspecified atom stereocenters. The van der Waals surface area contributed by atoms with Gasteiger partial charge in [0, 0.05) is 25.8 Å². The summed E-state index contributed by atoms with van der Waals surface area (Å²) in [5.41, 5.74) is 5.39. The minimum absolute atomic E-state index is 0.241. The van der Waals surface area contributed by atoms with Crippen molar-refractivity contribution in [3.05, 3.63) is 11.1 Å². The zero-order valence-electron chi connectivity index (χ0n) is 8.43. The van der Waals surface area contributed by atoms with Crippen LogP contribution in [-0.2, 0) is 4.74 Å². The Morgan fingerprint density at radius 2 is 2.33 bits per heavy atom. The van der Waals surface area contributed by atoms with Crippen molar-refractivity contribution in [1.29, 1.82) is 0 Å². The summed E-state index contributed by atoms with van der Waals surface area (Å²) in [5.74, 6) is 0. The van der Waals surface area contributed by atoms with Gasteiger partial charge in [-0.1, -0.05) is 11.3 Å². The summed E-state index contributed by atoms with van der Waals surface area (Å²) in [6, 6.07) is 0. The third-order valence-electron chi connectivity index (χ3n) is 2.34. The Kier molecular flexibility index (Phi) is 3.53. The number of morpholine rings is 1. The number of ether oxygens (including phenoxy) is 1. The van der Waals surface area contributed by atoms with Crippen LogP contribution >= 0.6 is 11.3 Å². The van der Waals surface area contributed by atoms with E-state index in [0.717, 1.165) is 36.3 Å². The molecule has 0 aliphatic carbocycles. The fourth-order valence-corrected chi connectivity index (χ4v) is 2.41. The fraction of sp³-hybridized carbons (Fsp3) is 0.667. The van der Waals surface area contributed by atoms with Crippen LogP contribution in [0.25, 0.3) is 0 Å². The van der Waals surface area contributed by atoms with Gasteiger partial charge in [0.05, 0.1) is 18.1 Å². The molecular formula is C9H15N3O2S. The predicted octanol–water partition coefficient (Wildman–Crippen LogP) is -0.0282. The van der Waals surface area contributed by atoms with E-state index in [1.54, 1.807) is 6.20 Å². The number of rotatable bonds is 3. The summed E-state index contributed by atoms with van der Waals surface area (Å²) in [4.78, 5) is 7.28. The highest BCUT2D eigenvalue weighted by atomic mass is 32.1. The Balaban J connectivity index is 2.05. The molecule has 2 heterocycles. The maximum Gasteiger partial charge on any atom is 0.185 e. The van der Waals surface area contributed by atoms with Crippen molar-refractivity contribution in [2.75, 3.05) is 37.7 Å². The van der Waals surface area contributed by atoms with E-state index in [2.05, 4.69) is 9.88 Å². The lowest BCUT2D eigenvalue weighted by Gasteiger charge is -2.26. The second kappa shape index (κ2) is 4.89. The molecule has 2 rings (SSSR count). The Morgan fingerprint density at radius 3 is 3.00 bits per heavy atom. The first-order chi connectivity index (χ1) is 7.31. The van der Waals surface area contributed by atoms with Crippen molar-refractivity contribution >= 4 is 16.5 Å². The summed E-state index contributed by atoms with van der Waals surface area (Å²) in [6.07, 6.45) is 1.12. The van der Waals surface area contributed by atoms with E-state index in [0.29, 0.717) is 0 Å². The topological polar surface area (TPSA) is 71.6 Å². The van der Waals surface area contributed by atoms with Gasteiger partial charge in [-0.3, -0.25) is 0 Å². The van der Waals surface area contributed by atoms with Crippen LogP contribution in [0.2, 0.25) is 0 Å². The minimum atomic E-state index is -0.586. The largest absolute Gasteiger partial charge is 0.386 e. The molecule has 1 fully saturated rings. The second-order valence-corrected chi connectivity index (χ2v) is 4.44. The normalized spacial score (nSPS) is 19.2. The van der Waals surface area contributed by atoms with Crippen LogP contribution in [-0.4, -0.2) is 42.9 Å². The molecule has 3 N–H and O–H groups in total. The summed E-state index contributed by atoms with van der Waals surface area (Å²) in [7, 11) is 0. The van der Waals surface area contributed by atoms with Gasteiger partial charge in [0.25, 0.3) is 0 Å². The number of hydrogen-bond donors (Lipinski definition) is 2. The van der Waals surface area contributed by atoms with Crippen LogP contribution < -0.4 is 10.6 Å². The molecule has 1 aliphatic rings. The molecule has 0 spiro atoms. The lowest BCUT2D eigenvalue weighted by molar-refractivity contribution is 0.122. The van der Waals surface area contributed by atoms with E-state index in [4.69, 9.17) is 10.5 Å². The van der Waals surface area contributed by atoms with E-state index < -0.39 is 6.10 Å². The molecule has 0 radical (unpaired) electrons. The van der Waals surface area contributed by atoms with Gasteiger partial charge in [0.15, 0.2) is 5.13 Å². The van der Waals surface area contributed by atoms with Crippen LogP contribution in [0.3, 0.4) is 0 Å². The SMILES string of the molecule is NC[C@@H](O)c1cnc(N2CCOCC2)s1. The molecule has 0 bridgehead atoms. The Morgan fingerprint density at radius 1 is 1.60 bits per heavy atom. The van der Waals surface area contributed by atoms with E-state index in [9.17, 15) is 5.11 Å². The molecule has 6 heteroatoms. The van der Waals surface area contributed by atoms with Crippen molar-refractivity contribution in [1.82, 2.24) is 4.98 Å². The van der Waals surface area contributed by atoms with Crippen molar-refractivity contribution in [3.8, 4) is 0 Å². The third kappa shape index (κ3) is 2.46. The number of anilines is 1. The molecule has 0 saturated carbocycles. The van der Waals surface area contributed by atoms with Gasteiger partial charge in [0.2, 0.25) is 0 Å². The van der Waals surface area contributed by atoms with Crippen LogP contribution in [0.4, 0.5) is 5.13 Å². The maximum atomic E-state index is 9.54. The molecule has 0 amide bonds. The van der Waals surface area contributed by atoms with Crippen LogP contribution in [0.15, 0.2) is 6.20 Å². The monoisotopic (exact) mass is 229 g/mol. The number of thiazole rings is 1. The van der Waals surface area contributed by atoms with Crippen LogP contribution in [0, 0.1) is 0 Å². The standard InChI is InChI=1S/C9H15N3O2S/c10-5-7(13)8-6-11-9(15-8)12-1-3-14-4-2-12/h6-7,13H,1-5,10H2/t7-/m1/s1. The third-order valence-corrected chi connectivity index (χ3v) is 3.50. The molecule has 1 atom stereocenters. The molecular weight excluding hydrogens is 214 g/mol. The predicted molar refractivity (Wildman–Crippen MR) is 59.2 cm³/mol. The second-order valence-electron chi connectivity index (χ2n) is 3.40. The molecule has 84 valence electrons. The van der Waals surface area contributed by atoms with Crippen LogP contribution in [0.5, 0.6) is 0 Å². The van der Waals surface area contributed by atoms with Gasteiger partial charge in [-0.05, 0) is 0 Å². The van der Waals surface area contributed by atoms with Crippen molar-refractivity contribution < 1.29 is 9.84 Å². The smallest absolute Gasteiger partial charge is 0.185 e. The molecule has 1 saturated heterocycles. The first kappa shape index (κ1) is 10.8. The molecule has 15 heavy (non-hydrogen) atoms. The number of nitrogens with zero attached hydrogens (tertiary/aromatic N) is 2. The summed E-state index contributed by atoms with van der Waals surface area (Å²) in [5, 5.41) is 10.5. The van der Waals surface area contributed by atoms with Crippen molar-refractivity contribution in [3.63, 3.8) is 0 Å². The number of aliphatic hydroxyl groups excluding tert-OH is 1. The zero-order valence-corrected chi connectivity index (χ0v) is 9.24. The summed E-state index contributed by atoms with van der Waals surface area (Å²) < 4.78 is 5.26. The first-order valence-electron chi connectivity index (χ1n) is 4.98. The average molecular weight is 229 g/mol. The summed E-state index contributed by atoms with van der Waals surface area (Å²) in [6.45, 7) is 3.46. The molecule has 1 aliphatic heterocycles. The molecule has 1 aromatic heterocycles. The highest BCUT2D eigenvalue weighted by molar-refractivity contribution is 7.15. The van der Waals surface area contributed by atoms with E-state index in [1.807, 2.05) is 0 Å². The Bertz CT molecular complexity index is 312. The molecule has 1 aromatic rings. The lowest BCUT2D eigenvalue weighted by Crippen LogP contribution is -2.36. The van der Waals surface area contributed by atoms with Crippen molar-refractivity contribution in [2.45, 2.75) is 6.10 Å². The van der Waals surface area contributed by atoms with E-state index >= 15 is 0 Å². The van der Waals surface area contributed by atoms with Crippen molar-refractivity contribution in [2.24, 2.45) is 5.73 Å². The molecule has 5 nitrogen and oxygen atoms in total. The maximum absolute atomic E-state index is 9.54. The van der Waals surface area contributed by atoms with Gasteiger partial charge in [-0.2, -0.15) is 0 Å².